The van der Waals surface area contributed by atoms with Crippen molar-refractivity contribution in [2.75, 3.05) is 7.05 Å². The predicted molar refractivity (Wildman–Crippen MR) is 112 cm³/mol. The van der Waals surface area contributed by atoms with Gasteiger partial charge in [0.2, 0.25) is 5.91 Å². The highest BCUT2D eigenvalue weighted by atomic mass is 16.6. The van der Waals surface area contributed by atoms with E-state index < -0.39 is 4.92 Å². The van der Waals surface area contributed by atoms with Crippen LogP contribution in [0.3, 0.4) is 0 Å². The van der Waals surface area contributed by atoms with E-state index in [2.05, 4.69) is 5.10 Å². The molecular formula is C22H22N4O3. The summed E-state index contributed by atoms with van der Waals surface area (Å²) in [6.07, 6.45) is 3.00. The van der Waals surface area contributed by atoms with Crippen LogP contribution >= 0.6 is 0 Å². The topological polar surface area (TPSA) is 81.3 Å². The number of rotatable bonds is 6. The third-order valence-corrected chi connectivity index (χ3v) is 4.71. The van der Waals surface area contributed by atoms with Gasteiger partial charge in [-0.15, -0.1) is 0 Å². The number of hydrogen-bond acceptors (Lipinski definition) is 4. The van der Waals surface area contributed by atoms with Gasteiger partial charge in [-0.1, -0.05) is 30.3 Å². The van der Waals surface area contributed by atoms with E-state index in [1.54, 1.807) is 30.2 Å². The van der Waals surface area contributed by atoms with Gasteiger partial charge in [-0.3, -0.25) is 14.9 Å². The third-order valence-electron chi connectivity index (χ3n) is 4.71. The SMILES string of the molecule is Cc1nn(-c2ccccc2)c(C)c1CN(C)C(=O)/C=C/c1cccc([N+](=O)[O-])c1. The van der Waals surface area contributed by atoms with Crippen LogP contribution in [-0.2, 0) is 11.3 Å². The summed E-state index contributed by atoms with van der Waals surface area (Å²) in [5.74, 6) is -0.192. The second-order valence-electron chi connectivity index (χ2n) is 6.78. The summed E-state index contributed by atoms with van der Waals surface area (Å²) >= 11 is 0. The van der Waals surface area contributed by atoms with Crippen molar-refractivity contribution >= 4 is 17.7 Å². The summed E-state index contributed by atoms with van der Waals surface area (Å²) in [7, 11) is 1.72. The summed E-state index contributed by atoms with van der Waals surface area (Å²) in [5.41, 5.74) is 4.41. The number of aryl methyl sites for hydroxylation is 1. The number of hydrogen-bond donors (Lipinski definition) is 0. The zero-order valence-electron chi connectivity index (χ0n) is 16.6. The Labute approximate surface area is 169 Å². The lowest BCUT2D eigenvalue weighted by molar-refractivity contribution is -0.384. The lowest BCUT2D eigenvalue weighted by atomic mass is 10.1. The van der Waals surface area contributed by atoms with Crippen LogP contribution < -0.4 is 0 Å². The number of aromatic nitrogens is 2. The molecule has 0 bridgehead atoms. The Kier molecular flexibility index (Phi) is 5.87. The van der Waals surface area contributed by atoms with Gasteiger partial charge in [0.1, 0.15) is 0 Å². The summed E-state index contributed by atoms with van der Waals surface area (Å²) in [4.78, 5) is 24.5. The van der Waals surface area contributed by atoms with E-state index in [-0.39, 0.29) is 11.6 Å². The van der Waals surface area contributed by atoms with Gasteiger partial charge in [-0.05, 0) is 37.6 Å². The van der Waals surface area contributed by atoms with Crippen molar-refractivity contribution < 1.29 is 9.72 Å². The fourth-order valence-electron chi connectivity index (χ4n) is 3.08. The smallest absolute Gasteiger partial charge is 0.270 e. The first-order chi connectivity index (χ1) is 13.9. The molecule has 0 atom stereocenters. The number of benzene rings is 2. The second kappa shape index (κ2) is 8.52. The molecule has 7 nitrogen and oxygen atoms in total. The number of carbonyl (C=O) groups excluding carboxylic acids is 1. The van der Waals surface area contributed by atoms with E-state index in [4.69, 9.17) is 0 Å². The first-order valence-electron chi connectivity index (χ1n) is 9.15. The van der Waals surface area contributed by atoms with E-state index in [0.717, 1.165) is 22.6 Å². The second-order valence-corrected chi connectivity index (χ2v) is 6.78. The standard InChI is InChI=1S/C22H22N4O3/c1-16-21(17(2)25(23-16)19-9-5-4-6-10-19)15-24(3)22(27)13-12-18-8-7-11-20(14-18)26(28)29/h4-14H,15H2,1-3H3/b13-12+. The van der Waals surface area contributed by atoms with Gasteiger partial charge in [0, 0.05) is 43.1 Å². The van der Waals surface area contributed by atoms with Crippen LogP contribution in [0.2, 0.25) is 0 Å². The molecule has 0 fully saturated rings. The maximum absolute atomic E-state index is 12.5. The average Bonchev–Trinajstić information content (AvgIpc) is 3.01. The maximum atomic E-state index is 12.5. The largest absolute Gasteiger partial charge is 0.338 e. The first kappa shape index (κ1) is 20.0. The number of para-hydroxylation sites is 1. The van der Waals surface area contributed by atoms with Gasteiger partial charge >= 0.3 is 0 Å². The molecule has 0 unspecified atom stereocenters. The fourth-order valence-corrected chi connectivity index (χ4v) is 3.08. The van der Waals surface area contributed by atoms with E-state index in [1.165, 1.54) is 18.2 Å². The van der Waals surface area contributed by atoms with Crippen molar-refractivity contribution in [2.24, 2.45) is 0 Å². The van der Waals surface area contributed by atoms with Crippen LogP contribution in [0.15, 0.2) is 60.7 Å². The summed E-state index contributed by atoms with van der Waals surface area (Å²) in [5, 5.41) is 15.5. The summed E-state index contributed by atoms with van der Waals surface area (Å²) < 4.78 is 1.88. The van der Waals surface area contributed by atoms with Crippen molar-refractivity contribution in [1.29, 1.82) is 0 Å². The molecule has 2 aromatic carbocycles. The Morgan fingerprint density at radius 1 is 1.17 bits per heavy atom. The quantitative estimate of drug-likeness (QED) is 0.361. The number of likely N-dealkylation sites (N-methyl/N-ethyl adjacent to an activating group) is 1. The zero-order chi connectivity index (χ0) is 21.0. The van der Waals surface area contributed by atoms with Crippen LogP contribution in [0.4, 0.5) is 5.69 Å². The van der Waals surface area contributed by atoms with E-state index in [9.17, 15) is 14.9 Å². The Balaban J connectivity index is 1.74. The van der Waals surface area contributed by atoms with Gasteiger partial charge in [0.05, 0.1) is 16.3 Å². The summed E-state index contributed by atoms with van der Waals surface area (Å²) in [6, 6.07) is 16.0. The van der Waals surface area contributed by atoms with Crippen molar-refractivity contribution in [3.8, 4) is 5.69 Å². The minimum atomic E-state index is -0.457. The molecule has 1 amide bonds. The van der Waals surface area contributed by atoms with Crippen molar-refractivity contribution in [3.05, 3.63) is 93.3 Å². The molecule has 1 heterocycles. The monoisotopic (exact) mass is 390 g/mol. The minimum absolute atomic E-state index is 0.00692. The third kappa shape index (κ3) is 4.57. The van der Waals surface area contributed by atoms with Crippen LogP contribution in [0.1, 0.15) is 22.5 Å². The Morgan fingerprint density at radius 2 is 1.90 bits per heavy atom. The molecule has 0 aliphatic carbocycles. The number of nitrogens with zero attached hydrogens (tertiary/aromatic N) is 4. The molecule has 0 aliphatic heterocycles. The van der Waals surface area contributed by atoms with Gasteiger partial charge in [-0.25, -0.2) is 4.68 Å². The van der Waals surface area contributed by atoms with E-state index in [1.807, 2.05) is 48.9 Å². The predicted octanol–water partition coefficient (Wildman–Crippen LogP) is 4.07. The molecule has 7 heteroatoms. The number of amides is 1. The molecule has 0 N–H and O–H groups in total. The lowest BCUT2D eigenvalue weighted by Gasteiger charge is -2.15. The Morgan fingerprint density at radius 3 is 2.59 bits per heavy atom. The number of nitro groups is 1. The van der Waals surface area contributed by atoms with Crippen molar-refractivity contribution in [2.45, 2.75) is 20.4 Å². The maximum Gasteiger partial charge on any atom is 0.270 e. The molecule has 0 radical (unpaired) electrons. The first-order valence-corrected chi connectivity index (χ1v) is 9.15. The van der Waals surface area contributed by atoms with Crippen LogP contribution in [0, 0.1) is 24.0 Å². The molecule has 0 saturated carbocycles. The summed E-state index contributed by atoms with van der Waals surface area (Å²) in [6.45, 7) is 4.33. The Bertz CT molecular complexity index is 1070. The van der Waals surface area contributed by atoms with Crippen LogP contribution in [0.25, 0.3) is 11.8 Å². The Hall–Kier alpha value is -3.74. The van der Waals surface area contributed by atoms with E-state index in [0.29, 0.717) is 12.1 Å². The average molecular weight is 390 g/mol. The zero-order valence-corrected chi connectivity index (χ0v) is 16.6. The normalized spacial score (nSPS) is 11.0. The highest BCUT2D eigenvalue weighted by molar-refractivity contribution is 5.91. The lowest BCUT2D eigenvalue weighted by Crippen LogP contribution is -2.24. The van der Waals surface area contributed by atoms with Crippen molar-refractivity contribution in [1.82, 2.24) is 14.7 Å². The molecule has 0 saturated heterocycles. The molecule has 0 spiro atoms. The van der Waals surface area contributed by atoms with Gasteiger partial charge in [-0.2, -0.15) is 5.10 Å². The van der Waals surface area contributed by atoms with Gasteiger partial charge in [0.15, 0.2) is 0 Å². The molecule has 0 aliphatic rings. The minimum Gasteiger partial charge on any atom is -0.338 e. The molecular weight excluding hydrogens is 368 g/mol. The molecule has 29 heavy (non-hydrogen) atoms. The molecule has 1 aromatic heterocycles. The molecule has 148 valence electrons. The number of nitro benzene ring substituents is 1. The van der Waals surface area contributed by atoms with Gasteiger partial charge < -0.3 is 4.90 Å². The highest BCUT2D eigenvalue weighted by Gasteiger charge is 2.16. The van der Waals surface area contributed by atoms with Crippen molar-refractivity contribution in [3.63, 3.8) is 0 Å². The number of carbonyl (C=O) groups is 1. The molecule has 3 rings (SSSR count). The fraction of sp³-hybridized carbons (Fsp3) is 0.182. The number of non-ortho nitro benzene ring substituents is 1. The van der Waals surface area contributed by atoms with Gasteiger partial charge in [0.25, 0.3) is 5.69 Å². The molecule has 3 aromatic rings. The van der Waals surface area contributed by atoms with E-state index >= 15 is 0 Å². The van der Waals surface area contributed by atoms with Crippen LogP contribution in [0.5, 0.6) is 0 Å². The highest BCUT2D eigenvalue weighted by Crippen LogP contribution is 2.19. The van der Waals surface area contributed by atoms with Crippen LogP contribution in [-0.4, -0.2) is 32.6 Å².